The fourth-order valence-electron chi connectivity index (χ4n) is 1.31. The van der Waals surface area contributed by atoms with Gasteiger partial charge in [-0.25, -0.2) is 0 Å². The van der Waals surface area contributed by atoms with Gasteiger partial charge in [0.2, 0.25) is 0 Å². The molecule has 1 rings (SSSR count). The Kier molecular flexibility index (Phi) is 2.27. The second kappa shape index (κ2) is 3.01. The maximum Gasteiger partial charge on any atom is 0.306 e. The van der Waals surface area contributed by atoms with Gasteiger partial charge in [-0.15, -0.1) is 0 Å². The number of carbonyl (C=O) groups is 1. The van der Waals surface area contributed by atoms with Crippen molar-refractivity contribution in [1.29, 1.82) is 0 Å². The van der Waals surface area contributed by atoms with Crippen molar-refractivity contribution in [2.45, 2.75) is 13.3 Å². The van der Waals surface area contributed by atoms with E-state index in [-0.39, 0.29) is 5.92 Å². The quantitative estimate of drug-likeness (QED) is 0.598. The molecule has 2 N–H and O–H groups in total. The second-order valence-corrected chi connectivity index (χ2v) is 2.77. The monoisotopic (exact) mass is 143 g/mol. The molecule has 0 radical (unpaired) electrons. The lowest BCUT2D eigenvalue weighted by molar-refractivity contribution is -0.144. The van der Waals surface area contributed by atoms with Gasteiger partial charge in [0.1, 0.15) is 0 Å². The number of carboxylic acid groups (broad SMARTS) is 1. The normalized spacial score (nSPS) is 21.7. The highest BCUT2D eigenvalue weighted by Crippen LogP contribution is 2.19. The summed E-state index contributed by atoms with van der Waals surface area (Å²) in [5, 5.41) is 11.7. The lowest BCUT2D eigenvalue weighted by Gasteiger charge is -2.31. The van der Waals surface area contributed by atoms with Crippen LogP contribution in [0.25, 0.3) is 0 Å². The third-order valence-electron chi connectivity index (χ3n) is 2.14. The average Bonchev–Trinajstić information content (AvgIpc) is 1.76. The summed E-state index contributed by atoms with van der Waals surface area (Å²) in [5.74, 6) is -0.391. The number of carboxylic acids is 1. The molecule has 0 saturated carbocycles. The van der Waals surface area contributed by atoms with Crippen molar-refractivity contribution in [3.8, 4) is 0 Å². The molecule has 3 heteroatoms. The van der Waals surface area contributed by atoms with Gasteiger partial charge in [0.05, 0.1) is 5.92 Å². The lowest BCUT2D eigenvalue weighted by Crippen LogP contribution is -2.48. The molecular weight excluding hydrogens is 130 g/mol. The third-order valence-corrected chi connectivity index (χ3v) is 2.14. The Bertz CT molecular complexity index is 132. The van der Waals surface area contributed by atoms with Crippen LogP contribution in [0, 0.1) is 11.8 Å². The molecule has 1 heterocycles. The molecule has 0 bridgehead atoms. The summed E-state index contributed by atoms with van der Waals surface area (Å²) < 4.78 is 0. The number of hydrogen-bond donors (Lipinski definition) is 2. The first kappa shape index (κ1) is 7.54. The van der Waals surface area contributed by atoms with E-state index in [0.717, 1.165) is 19.5 Å². The van der Waals surface area contributed by atoms with E-state index in [1.807, 2.05) is 6.92 Å². The Labute approximate surface area is 60.4 Å². The van der Waals surface area contributed by atoms with Crippen molar-refractivity contribution in [3.05, 3.63) is 0 Å². The Morgan fingerprint density at radius 3 is 2.50 bits per heavy atom. The summed E-state index contributed by atoms with van der Waals surface area (Å²) in [5.41, 5.74) is 0. The highest BCUT2D eigenvalue weighted by molar-refractivity contribution is 5.70. The van der Waals surface area contributed by atoms with E-state index in [1.54, 1.807) is 0 Å². The molecule has 0 aliphatic carbocycles. The van der Waals surface area contributed by atoms with Gasteiger partial charge in [-0.2, -0.15) is 0 Å². The van der Waals surface area contributed by atoms with E-state index in [9.17, 15) is 4.79 Å². The average molecular weight is 143 g/mol. The molecule has 1 aliphatic rings. The van der Waals surface area contributed by atoms with Crippen LogP contribution in [-0.2, 0) is 4.79 Å². The van der Waals surface area contributed by atoms with Gasteiger partial charge >= 0.3 is 5.97 Å². The van der Waals surface area contributed by atoms with Gasteiger partial charge in [-0.3, -0.25) is 4.79 Å². The standard InChI is InChI=1S/C7H13NO2/c1-2-6(7(9)10)5-3-8-4-5/h5-6,8H,2-4H2,1H3,(H,9,10). The molecule has 0 aromatic carbocycles. The first-order chi connectivity index (χ1) is 4.75. The predicted molar refractivity (Wildman–Crippen MR) is 37.8 cm³/mol. The Morgan fingerprint density at radius 2 is 2.40 bits per heavy atom. The van der Waals surface area contributed by atoms with Crippen LogP contribution in [0.1, 0.15) is 13.3 Å². The van der Waals surface area contributed by atoms with Crippen molar-refractivity contribution in [2.24, 2.45) is 11.8 Å². The van der Waals surface area contributed by atoms with Gasteiger partial charge in [0.25, 0.3) is 0 Å². The van der Waals surface area contributed by atoms with E-state index >= 15 is 0 Å². The first-order valence-electron chi connectivity index (χ1n) is 3.69. The zero-order chi connectivity index (χ0) is 7.56. The molecule has 1 aliphatic heterocycles. The SMILES string of the molecule is CCC(C(=O)O)C1CNC1. The Morgan fingerprint density at radius 1 is 1.80 bits per heavy atom. The molecule has 58 valence electrons. The molecule has 3 nitrogen and oxygen atoms in total. The minimum Gasteiger partial charge on any atom is -0.481 e. The van der Waals surface area contributed by atoms with Crippen molar-refractivity contribution >= 4 is 5.97 Å². The van der Waals surface area contributed by atoms with Crippen LogP contribution in [0.15, 0.2) is 0 Å². The van der Waals surface area contributed by atoms with E-state index in [2.05, 4.69) is 5.32 Å². The summed E-state index contributed by atoms with van der Waals surface area (Å²) >= 11 is 0. The van der Waals surface area contributed by atoms with Crippen molar-refractivity contribution < 1.29 is 9.90 Å². The van der Waals surface area contributed by atoms with Crippen LogP contribution in [0.3, 0.4) is 0 Å². The molecule has 1 saturated heterocycles. The fraction of sp³-hybridized carbons (Fsp3) is 0.857. The third kappa shape index (κ3) is 1.29. The van der Waals surface area contributed by atoms with Crippen molar-refractivity contribution in [2.75, 3.05) is 13.1 Å². The zero-order valence-corrected chi connectivity index (χ0v) is 6.13. The van der Waals surface area contributed by atoms with E-state index < -0.39 is 5.97 Å². The van der Waals surface area contributed by atoms with Gasteiger partial charge in [-0.05, 0) is 12.3 Å². The molecule has 0 aromatic rings. The maximum absolute atomic E-state index is 10.5. The molecule has 1 unspecified atom stereocenters. The van der Waals surface area contributed by atoms with Crippen LogP contribution in [-0.4, -0.2) is 24.2 Å². The van der Waals surface area contributed by atoms with Crippen LogP contribution in [0.5, 0.6) is 0 Å². The molecule has 1 fully saturated rings. The maximum atomic E-state index is 10.5. The number of rotatable bonds is 3. The van der Waals surface area contributed by atoms with Gasteiger partial charge in [0.15, 0.2) is 0 Å². The van der Waals surface area contributed by atoms with Gasteiger partial charge in [0, 0.05) is 13.1 Å². The van der Waals surface area contributed by atoms with Crippen molar-refractivity contribution in [1.82, 2.24) is 5.32 Å². The highest BCUT2D eigenvalue weighted by Gasteiger charge is 2.30. The van der Waals surface area contributed by atoms with Gasteiger partial charge in [-0.1, -0.05) is 6.92 Å². The second-order valence-electron chi connectivity index (χ2n) is 2.77. The van der Waals surface area contributed by atoms with E-state index in [4.69, 9.17) is 5.11 Å². The molecule has 0 amide bonds. The largest absolute Gasteiger partial charge is 0.481 e. The molecular formula is C7H13NO2. The Balaban J connectivity index is 2.39. The minimum atomic E-state index is -0.644. The van der Waals surface area contributed by atoms with Crippen LogP contribution in [0.4, 0.5) is 0 Å². The van der Waals surface area contributed by atoms with E-state index in [1.165, 1.54) is 0 Å². The topological polar surface area (TPSA) is 49.3 Å². The fourth-order valence-corrected chi connectivity index (χ4v) is 1.31. The number of aliphatic carboxylic acids is 1. The van der Waals surface area contributed by atoms with Crippen molar-refractivity contribution in [3.63, 3.8) is 0 Å². The van der Waals surface area contributed by atoms with E-state index in [0.29, 0.717) is 5.92 Å². The Hall–Kier alpha value is -0.570. The molecule has 0 aromatic heterocycles. The summed E-state index contributed by atoms with van der Waals surface area (Å²) in [7, 11) is 0. The lowest BCUT2D eigenvalue weighted by atomic mass is 9.86. The summed E-state index contributed by atoms with van der Waals surface area (Å²) in [6, 6.07) is 0. The van der Waals surface area contributed by atoms with Crippen LogP contribution >= 0.6 is 0 Å². The summed E-state index contributed by atoms with van der Waals surface area (Å²) in [4.78, 5) is 10.5. The number of nitrogens with one attached hydrogen (secondary N) is 1. The molecule has 0 spiro atoms. The van der Waals surface area contributed by atoms with Crippen LogP contribution < -0.4 is 5.32 Å². The molecule has 10 heavy (non-hydrogen) atoms. The number of hydrogen-bond acceptors (Lipinski definition) is 2. The molecule has 1 atom stereocenters. The summed E-state index contributed by atoms with van der Waals surface area (Å²) in [6.45, 7) is 3.69. The minimum absolute atomic E-state index is 0.124. The van der Waals surface area contributed by atoms with Gasteiger partial charge < -0.3 is 10.4 Å². The summed E-state index contributed by atoms with van der Waals surface area (Å²) in [6.07, 6.45) is 0.752. The highest BCUT2D eigenvalue weighted by atomic mass is 16.4. The zero-order valence-electron chi connectivity index (χ0n) is 6.13. The smallest absolute Gasteiger partial charge is 0.306 e. The van der Waals surface area contributed by atoms with Crippen LogP contribution in [0.2, 0.25) is 0 Å². The first-order valence-corrected chi connectivity index (χ1v) is 3.69. The predicted octanol–water partition coefficient (Wildman–Crippen LogP) is 0.317.